The second kappa shape index (κ2) is 14.9. The Kier molecular flexibility index (Phi) is 16.8. The molecule has 0 saturated carbocycles. The van der Waals surface area contributed by atoms with Crippen molar-refractivity contribution in [1.82, 2.24) is 0 Å². The van der Waals surface area contributed by atoms with Gasteiger partial charge in [0.15, 0.2) is 0 Å². The Labute approximate surface area is 84.3 Å². The van der Waals surface area contributed by atoms with Crippen molar-refractivity contribution in [3.8, 4) is 0 Å². The van der Waals surface area contributed by atoms with Crippen molar-refractivity contribution in [2.75, 3.05) is 26.4 Å². The van der Waals surface area contributed by atoms with Crippen LogP contribution in [0.1, 0.15) is 26.2 Å². The first-order valence-electron chi connectivity index (χ1n) is 4.70. The van der Waals surface area contributed by atoms with Crippen molar-refractivity contribution in [2.24, 2.45) is 0 Å². The van der Waals surface area contributed by atoms with Crippen molar-refractivity contribution < 1.29 is 24.9 Å². The third kappa shape index (κ3) is 22.5. The van der Waals surface area contributed by atoms with Crippen LogP contribution in [0.4, 0.5) is 0 Å². The molecule has 0 aromatic carbocycles. The van der Waals surface area contributed by atoms with Gasteiger partial charge in [-0.15, -0.1) is 0 Å². The second-order valence-electron chi connectivity index (χ2n) is 2.60. The van der Waals surface area contributed by atoms with Crippen LogP contribution in [0.5, 0.6) is 0 Å². The fourth-order valence-electron chi connectivity index (χ4n) is 0.527. The average Bonchev–Trinajstić information content (AvgIpc) is 2.16. The Hall–Kier alpha value is -0.650. The van der Waals surface area contributed by atoms with Crippen LogP contribution in [0.2, 0.25) is 0 Å². The highest BCUT2D eigenvalue weighted by molar-refractivity contribution is 5.67. The first-order chi connectivity index (χ1) is 6.68. The standard InChI is InChI=1S/C5H10O3.C4H10O2/c1-2-3-8-4-5(6)7;5-3-1-2-4-6/h2-4H2,1H3,(H,6,7);5-6H,1-4H2. The highest BCUT2D eigenvalue weighted by Gasteiger charge is 1.92. The van der Waals surface area contributed by atoms with Gasteiger partial charge in [-0.1, -0.05) is 6.92 Å². The summed E-state index contributed by atoms with van der Waals surface area (Å²) in [7, 11) is 0. The molecule has 0 aliphatic rings. The molecule has 0 radical (unpaired) electrons. The predicted molar refractivity (Wildman–Crippen MR) is 52.2 cm³/mol. The van der Waals surface area contributed by atoms with E-state index in [0.29, 0.717) is 6.61 Å². The van der Waals surface area contributed by atoms with Crippen LogP contribution >= 0.6 is 0 Å². The van der Waals surface area contributed by atoms with Crippen LogP contribution in [-0.4, -0.2) is 47.7 Å². The van der Waals surface area contributed by atoms with E-state index in [4.69, 9.17) is 15.3 Å². The molecule has 86 valence electrons. The Bertz CT molecular complexity index is 112. The fourth-order valence-corrected chi connectivity index (χ4v) is 0.527. The zero-order valence-electron chi connectivity index (χ0n) is 8.61. The minimum atomic E-state index is -0.904. The summed E-state index contributed by atoms with van der Waals surface area (Å²) >= 11 is 0. The molecule has 0 saturated heterocycles. The summed E-state index contributed by atoms with van der Waals surface area (Å²) in [5.41, 5.74) is 0. The van der Waals surface area contributed by atoms with E-state index in [2.05, 4.69) is 4.74 Å². The van der Waals surface area contributed by atoms with Crippen LogP contribution in [0.15, 0.2) is 0 Å². The predicted octanol–water partition coefficient (Wildman–Crippen LogP) is 0.249. The maximum absolute atomic E-state index is 9.75. The summed E-state index contributed by atoms with van der Waals surface area (Å²) in [5, 5.41) is 24.2. The number of carbonyl (C=O) groups is 1. The van der Waals surface area contributed by atoms with E-state index in [1.165, 1.54) is 0 Å². The van der Waals surface area contributed by atoms with Crippen molar-refractivity contribution in [1.29, 1.82) is 0 Å². The second-order valence-corrected chi connectivity index (χ2v) is 2.60. The molecule has 0 atom stereocenters. The minimum absolute atomic E-state index is 0.173. The van der Waals surface area contributed by atoms with Gasteiger partial charge in [0.2, 0.25) is 0 Å². The first kappa shape index (κ1) is 15.8. The van der Waals surface area contributed by atoms with Gasteiger partial charge < -0.3 is 20.1 Å². The molecule has 3 N–H and O–H groups in total. The molecule has 0 unspecified atom stereocenters. The molecule has 0 rings (SSSR count). The highest BCUT2D eigenvalue weighted by atomic mass is 16.5. The number of aliphatic carboxylic acids is 1. The topological polar surface area (TPSA) is 87.0 Å². The Morgan fingerprint density at radius 3 is 2.00 bits per heavy atom. The minimum Gasteiger partial charge on any atom is -0.480 e. The monoisotopic (exact) mass is 208 g/mol. The SMILES string of the molecule is CCCOCC(=O)O.OCCCCO. The van der Waals surface area contributed by atoms with E-state index >= 15 is 0 Å². The van der Waals surface area contributed by atoms with E-state index in [1.54, 1.807) is 0 Å². The summed E-state index contributed by atoms with van der Waals surface area (Å²) in [6.45, 7) is 2.68. The molecular weight excluding hydrogens is 188 g/mol. The number of ether oxygens (including phenoxy) is 1. The normalized spacial score (nSPS) is 9.07. The van der Waals surface area contributed by atoms with E-state index in [1.807, 2.05) is 6.92 Å². The third-order valence-electron chi connectivity index (χ3n) is 1.14. The van der Waals surface area contributed by atoms with Gasteiger partial charge in [-0.3, -0.25) is 0 Å². The lowest BCUT2D eigenvalue weighted by Gasteiger charge is -1.94. The van der Waals surface area contributed by atoms with Gasteiger partial charge >= 0.3 is 5.97 Å². The Balaban J connectivity index is 0. The fraction of sp³-hybridized carbons (Fsp3) is 0.889. The summed E-state index contributed by atoms with van der Waals surface area (Å²) in [6.07, 6.45) is 2.31. The molecule has 0 fully saturated rings. The molecule has 0 aliphatic carbocycles. The van der Waals surface area contributed by atoms with Crippen LogP contribution in [-0.2, 0) is 9.53 Å². The molecule has 0 heterocycles. The molecule has 0 amide bonds. The molecule has 0 aromatic rings. The third-order valence-corrected chi connectivity index (χ3v) is 1.14. The smallest absolute Gasteiger partial charge is 0.329 e. The van der Waals surface area contributed by atoms with Crippen LogP contribution in [0, 0.1) is 0 Å². The summed E-state index contributed by atoms with van der Waals surface area (Å²) in [5.74, 6) is -0.904. The number of carboxylic acid groups (broad SMARTS) is 1. The van der Waals surface area contributed by atoms with Crippen molar-refractivity contribution >= 4 is 5.97 Å². The number of hydrogen-bond acceptors (Lipinski definition) is 4. The van der Waals surface area contributed by atoms with E-state index in [0.717, 1.165) is 19.3 Å². The zero-order chi connectivity index (χ0) is 11.2. The van der Waals surface area contributed by atoms with Gasteiger partial charge in [0.1, 0.15) is 6.61 Å². The van der Waals surface area contributed by atoms with Crippen LogP contribution in [0.3, 0.4) is 0 Å². The van der Waals surface area contributed by atoms with Gasteiger partial charge in [-0.05, 0) is 19.3 Å². The van der Waals surface area contributed by atoms with E-state index in [-0.39, 0.29) is 19.8 Å². The van der Waals surface area contributed by atoms with Gasteiger partial charge in [0.25, 0.3) is 0 Å². The molecule has 0 bridgehead atoms. The number of unbranched alkanes of at least 4 members (excludes halogenated alkanes) is 1. The molecule has 5 heteroatoms. The molecule has 0 spiro atoms. The molecular formula is C9H20O5. The van der Waals surface area contributed by atoms with Crippen molar-refractivity contribution in [3.05, 3.63) is 0 Å². The molecule has 5 nitrogen and oxygen atoms in total. The van der Waals surface area contributed by atoms with Crippen molar-refractivity contribution in [3.63, 3.8) is 0 Å². The first-order valence-corrected chi connectivity index (χ1v) is 4.70. The molecule has 14 heavy (non-hydrogen) atoms. The quantitative estimate of drug-likeness (QED) is 0.522. The van der Waals surface area contributed by atoms with Gasteiger partial charge in [-0.2, -0.15) is 0 Å². The highest BCUT2D eigenvalue weighted by Crippen LogP contribution is 1.80. The summed E-state index contributed by atoms with van der Waals surface area (Å²) in [6, 6.07) is 0. The summed E-state index contributed by atoms with van der Waals surface area (Å²) in [4.78, 5) is 9.75. The number of aliphatic hydroxyl groups excluding tert-OH is 2. The van der Waals surface area contributed by atoms with Gasteiger partial charge in [0, 0.05) is 19.8 Å². The lowest BCUT2D eigenvalue weighted by molar-refractivity contribution is -0.142. The molecule has 0 aliphatic heterocycles. The lowest BCUT2D eigenvalue weighted by Crippen LogP contribution is -2.06. The number of aliphatic hydroxyl groups is 2. The maximum atomic E-state index is 9.75. The van der Waals surface area contributed by atoms with Crippen molar-refractivity contribution in [2.45, 2.75) is 26.2 Å². The number of hydrogen-bond donors (Lipinski definition) is 3. The van der Waals surface area contributed by atoms with E-state index in [9.17, 15) is 4.79 Å². The average molecular weight is 208 g/mol. The zero-order valence-corrected chi connectivity index (χ0v) is 8.61. The number of rotatable bonds is 7. The Morgan fingerprint density at radius 1 is 1.21 bits per heavy atom. The summed E-state index contributed by atoms with van der Waals surface area (Å²) < 4.78 is 4.64. The molecule has 0 aromatic heterocycles. The Morgan fingerprint density at radius 2 is 1.71 bits per heavy atom. The van der Waals surface area contributed by atoms with E-state index < -0.39 is 5.97 Å². The maximum Gasteiger partial charge on any atom is 0.329 e. The lowest BCUT2D eigenvalue weighted by atomic mass is 10.3. The largest absolute Gasteiger partial charge is 0.480 e. The van der Waals surface area contributed by atoms with Gasteiger partial charge in [0.05, 0.1) is 0 Å². The van der Waals surface area contributed by atoms with Gasteiger partial charge in [-0.25, -0.2) is 4.79 Å². The number of carboxylic acids is 1. The van der Waals surface area contributed by atoms with Crippen LogP contribution < -0.4 is 0 Å². The van der Waals surface area contributed by atoms with Crippen LogP contribution in [0.25, 0.3) is 0 Å².